The SMILES string of the molecule is Cc1ccc(NC(=O)C(C)Sc2nc(-c3ccccc3)cc(-c3ccc(C(C)(C)C)cc3)c2C#N)cc1. The van der Waals surface area contributed by atoms with Crippen molar-refractivity contribution in [3.63, 3.8) is 0 Å². The third-order valence-corrected chi connectivity index (χ3v) is 7.29. The first-order chi connectivity index (χ1) is 17.7. The predicted molar refractivity (Wildman–Crippen MR) is 154 cm³/mol. The van der Waals surface area contributed by atoms with Gasteiger partial charge < -0.3 is 5.32 Å². The van der Waals surface area contributed by atoms with E-state index in [2.05, 4.69) is 56.4 Å². The van der Waals surface area contributed by atoms with Crippen molar-refractivity contribution < 1.29 is 4.79 Å². The molecule has 4 rings (SSSR count). The van der Waals surface area contributed by atoms with Crippen LogP contribution >= 0.6 is 11.8 Å². The number of amides is 1. The number of carbonyl (C=O) groups is 1. The number of rotatable bonds is 6. The number of aryl methyl sites for hydroxylation is 1. The number of aromatic nitrogens is 1. The Labute approximate surface area is 223 Å². The zero-order chi connectivity index (χ0) is 26.6. The molecule has 0 saturated heterocycles. The van der Waals surface area contributed by atoms with Crippen molar-refractivity contribution in [3.05, 3.63) is 102 Å². The van der Waals surface area contributed by atoms with Crippen molar-refractivity contribution in [3.8, 4) is 28.5 Å². The van der Waals surface area contributed by atoms with Crippen LogP contribution in [0.5, 0.6) is 0 Å². The Hall–Kier alpha value is -3.88. The minimum atomic E-state index is -0.456. The first kappa shape index (κ1) is 26.2. The van der Waals surface area contributed by atoms with Crippen molar-refractivity contribution in [2.45, 2.75) is 50.3 Å². The van der Waals surface area contributed by atoms with Crippen molar-refractivity contribution in [1.82, 2.24) is 4.98 Å². The van der Waals surface area contributed by atoms with E-state index < -0.39 is 5.25 Å². The summed E-state index contributed by atoms with van der Waals surface area (Å²) in [7, 11) is 0. The molecule has 3 aromatic carbocycles. The van der Waals surface area contributed by atoms with Gasteiger partial charge in [0.1, 0.15) is 11.1 Å². The van der Waals surface area contributed by atoms with Gasteiger partial charge in [-0.2, -0.15) is 5.26 Å². The summed E-state index contributed by atoms with van der Waals surface area (Å²) in [6.07, 6.45) is 0. The van der Waals surface area contributed by atoms with Gasteiger partial charge in [-0.25, -0.2) is 4.98 Å². The van der Waals surface area contributed by atoms with Gasteiger partial charge in [-0.3, -0.25) is 4.79 Å². The fraction of sp³-hybridized carbons (Fsp3) is 0.219. The summed E-state index contributed by atoms with van der Waals surface area (Å²) in [4.78, 5) is 17.9. The average molecular weight is 506 g/mol. The number of carbonyl (C=O) groups excluding carboxylic acids is 1. The van der Waals surface area contributed by atoms with Crippen LogP contribution in [0, 0.1) is 18.3 Å². The van der Waals surface area contributed by atoms with Gasteiger partial charge in [0, 0.05) is 16.8 Å². The second-order valence-electron chi connectivity index (χ2n) is 10.2. The van der Waals surface area contributed by atoms with Gasteiger partial charge >= 0.3 is 0 Å². The van der Waals surface area contributed by atoms with Crippen LogP contribution in [-0.4, -0.2) is 16.1 Å². The van der Waals surface area contributed by atoms with Crippen molar-refractivity contribution in [1.29, 1.82) is 5.26 Å². The molecule has 186 valence electrons. The van der Waals surface area contributed by atoms with Crippen LogP contribution in [0.2, 0.25) is 0 Å². The van der Waals surface area contributed by atoms with E-state index in [4.69, 9.17) is 4.98 Å². The maximum atomic E-state index is 13.0. The number of thioether (sulfide) groups is 1. The second-order valence-corrected chi connectivity index (χ2v) is 11.5. The lowest BCUT2D eigenvalue weighted by molar-refractivity contribution is -0.115. The lowest BCUT2D eigenvalue weighted by Gasteiger charge is -2.20. The monoisotopic (exact) mass is 505 g/mol. The number of nitrogens with one attached hydrogen (secondary N) is 1. The van der Waals surface area contributed by atoms with Crippen LogP contribution < -0.4 is 5.32 Å². The second kappa shape index (κ2) is 11.0. The molecule has 1 amide bonds. The topological polar surface area (TPSA) is 65.8 Å². The lowest BCUT2D eigenvalue weighted by atomic mass is 9.86. The summed E-state index contributed by atoms with van der Waals surface area (Å²) >= 11 is 1.30. The molecule has 0 radical (unpaired) electrons. The highest BCUT2D eigenvalue weighted by atomic mass is 32.2. The van der Waals surface area contributed by atoms with Crippen molar-refractivity contribution in [2.24, 2.45) is 0 Å². The normalized spacial score (nSPS) is 12.0. The Balaban J connectivity index is 1.73. The van der Waals surface area contributed by atoms with E-state index in [1.54, 1.807) is 0 Å². The Kier molecular flexibility index (Phi) is 7.80. The number of anilines is 1. The number of hydrogen-bond acceptors (Lipinski definition) is 4. The highest BCUT2D eigenvalue weighted by Crippen LogP contribution is 2.36. The van der Waals surface area contributed by atoms with Gasteiger partial charge in [0.05, 0.1) is 16.5 Å². The maximum absolute atomic E-state index is 13.0. The van der Waals surface area contributed by atoms with Crippen LogP contribution in [-0.2, 0) is 10.2 Å². The van der Waals surface area contributed by atoms with Gasteiger partial charge in [0.15, 0.2) is 0 Å². The van der Waals surface area contributed by atoms with E-state index >= 15 is 0 Å². The van der Waals surface area contributed by atoms with Crippen molar-refractivity contribution in [2.75, 3.05) is 5.32 Å². The molecule has 0 aliphatic rings. The Morgan fingerprint density at radius 2 is 1.59 bits per heavy atom. The molecule has 4 aromatic rings. The molecule has 1 atom stereocenters. The van der Waals surface area contributed by atoms with Gasteiger partial charge in [0.25, 0.3) is 0 Å². The minimum Gasteiger partial charge on any atom is -0.325 e. The third-order valence-electron chi connectivity index (χ3n) is 6.21. The smallest absolute Gasteiger partial charge is 0.237 e. The summed E-state index contributed by atoms with van der Waals surface area (Å²) in [5.74, 6) is -0.138. The van der Waals surface area contributed by atoms with Crippen LogP contribution in [0.1, 0.15) is 44.4 Å². The summed E-state index contributed by atoms with van der Waals surface area (Å²) < 4.78 is 0. The number of hydrogen-bond donors (Lipinski definition) is 1. The highest BCUT2D eigenvalue weighted by Gasteiger charge is 2.22. The third kappa shape index (κ3) is 6.28. The largest absolute Gasteiger partial charge is 0.325 e. The molecule has 1 heterocycles. The number of nitriles is 1. The number of benzene rings is 3. The van der Waals surface area contributed by atoms with E-state index in [9.17, 15) is 10.1 Å². The molecule has 1 unspecified atom stereocenters. The van der Waals surface area contributed by atoms with Crippen LogP contribution in [0.4, 0.5) is 5.69 Å². The van der Waals surface area contributed by atoms with Crippen LogP contribution in [0.15, 0.2) is 90.0 Å². The maximum Gasteiger partial charge on any atom is 0.237 e. The molecule has 0 saturated carbocycles. The number of nitrogens with zero attached hydrogens (tertiary/aromatic N) is 2. The van der Waals surface area contributed by atoms with E-state index in [1.807, 2.05) is 74.5 Å². The molecule has 0 fully saturated rings. The van der Waals surface area contributed by atoms with E-state index in [-0.39, 0.29) is 11.3 Å². The van der Waals surface area contributed by atoms with E-state index in [1.165, 1.54) is 17.3 Å². The summed E-state index contributed by atoms with van der Waals surface area (Å²) in [6, 6.07) is 30.3. The molecule has 37 heavy (non-hydrogen) atoms. The minimum absolute atomic E-state index is 0.0330. The molecule has 0 bridgehead atoms. The first-order valence-electron chi connectivity index (χ1n) is 12.3. The molecule has 0 spiro atoms. The fourth-order valence-electron chi connectivity index (χ4n) is 3.95. The molecule has 1 aromatic heterocycles. The molecule has 0 aliphatic heterocycles. The van der Waals surface area contributed by atoms with Crippen LogP contribution in [0.3, 0.4) is 0 Å². The zero-order valence-electron chi connectivity index (χ0n) is 21.9. The summed E-state index contributed by atoms with van der Waals surface area (Å²) in [5.41, 5.74) is 7.09. The highest BCUT2D eigenvalue weighted by molar-refractivity contribution is 8.00. The molecule has 0 aliphatic carbocycles. The fourth-order valence-corrected chi connectivity index (χ4v) is 4.88. The molecule has 4 nitrogen and oxygen atoms in total. The standard InChI is InChI=1S/C32H31N3OS/c1-21-11-17-26(18-12-21)34-30(36)22(2)37-31-28(20-33)27(19-29(35-31)24-9-7-6-8-10-24)23-13-15-25(16-14-23)32(3,4)5/h6-19,22H,1-5H3,(H,34,36). The van der Waals surface area contributed by atoms with Crippen LogP contribution in [0.25, 0.3) is 22.4 Å². The van der Waals surface area contributed by atoms with E-state index in [0.717, 1.165) is 33.6 Å². The molecule has 5 heteroatoms. The quantitative estimate of drug-likeness (QED) is 0.270. The number of pyridine rings is 1. The van der Waals surface area contributed by atoms with Gasteiger partial charge in [-0.15, -0.1) is 0 Å². The zero-order valence-corrected chi connectivity index (χ0v) is 22.7. The Morgan fingerprint density at radius 1 is 0.946 bits per heavy atom. The van der Waals surface area contributed by atoms with Crippen molar-refractivity contribution >= 4 is 23.4 Å². The molecular formula is C32H31N3OS. The predicted octanol–water partition coefficient (Wildman–Crippen LogP) is 8.01. The Morgan fingerprint density at radius 3 is 2.19 bits per heavy atom. The molecular weight excluding hydrogens is 474 g/mol. The first-order valence-corrected chi connectivity index (χ1v) is 13.2. The summed E-state index contributed by atoms with van der Waals surface area (Å²) in [5, 5.41) is 13.3. The Bertz CT molecular complexity index is 1430. The molecule has 1 N–H and O–H groups in total. The lowest BCUT2D eigenvalue weighted by Crippen LogP contribution is -2.22. The average Bonchev–Trinajstić information content (AvgIpc) is 2.89. The van der Waals surface area contributed by atoms with Gasteiger partial charge in [-0.1, -0.05) is 105 Å². The van der Waals surface area contributed by atoms with E-state index in [0.29, 0.717) is 10.6 Å². The summed E-state index contributed by atoms with van der Waals surface area (Å²) in [6.45, 7) is 10.4. The van der Waals surface area contributed by atoms with Gasteiger partial charge in [-0.05, 0) is 48.6 Å². The van der Waals surface area contributed by atoms with Gasteiger partial charge in [0.2, 0.25) is 5.91 Å².